The predicted molar refractivity (Wildman–Crippen MR) is 129 cm³/mol. The van der Waals surface area contributed by atoms with Gasteiger partial charge in [0, 0.05) is 18.0 Å². The Morgan fingerprint density at radius 2 is 1.66 bits per heavy atom. The summed E-state index contributed by atoms with van der Waals surface area (Å²) in [7, 11) is 0. The van der Waals surface area contributed by atoms with Crippen molar-refractivity contribution in [1.82, 2.24) is 10.2 Å². The number of aryl methyl sites for hydroxylation is 1. The summed E-state index contributed by atoms with van der Waals surface area (Å²) in [6.45, 7) is 7.96. The minimum atomic E-state index is -0.618. The highest BCUT2D eigenvalue weighted by molar-refractivity contribution is 5.90. The Labute approximate surface area is 190 Å². The molecule has 0 aliphatic carbocycles. The van der Waals surface area contributed by atoms with E-state index in [1.807, 2.05) is 87.5 Å². The van der Waals surface area contributed by atoms with Gasteiger partial charge in [0.2, 0.25) is 5.91 Å². The summed E-state index contributed by atoms with van der Waals surface area (Å²) in [6.07, 6.45) is 0.828. The third-order valence-electron chi connectivity index (χ3n) is 5.87. The third-order valence-corrected chi connectivity index (χ3v) is 5.87. The third kappa shape index (κ3) is 5.67. The van der Waals surface area contributed by atoms with Crippen molar-refractivity contribution in [2.24, 2.45) is 0 Å². The minimum Gasteiger partial charge on any atom is -0.483 e. The number of benzene rings is 3. The zero-order valence-corrected chi connectivity index (χ0v) is 19.3. The molecule has 0 fully saturated rings. The van der Waals surface area contributed by atoms with Crippen LogP contribution in [0.5, 0.6) is 5.75 Å². The molecule has 3 aromatic carbocycles. The van der Waals surface area contributed by atoms with Gasteiger partial charge in [-0.15, -0.1) is 0 Å². The second kappa shape index (κ2) is 10.8. The number of nitrogens with one attached hydrogen (secondary N) is 1. The van der Waals surface area contributed by atoms with Crippen LogP contribution in [0.25, 0.3) is 10.8 Å². The van der Waals surface area contributed by atoms with E-state index >= 15 is 0 Å². The SMILES string of the molecule is CCC(C)NC(=O)C(C)N(Cc1ccccc1C)C(=O)COc1cccc2ccccc12. The second-order valence-electron chi connectivity index (χ2n) is 8.21. The molecular weight excluding hydrogens is 400 g/mol. The molecule has 2 amide bonds. The molecule has 0 bridgehead atoms. The van der Waals surface area contributed by atoms with E-state index in [9.17, 15) is 9.59 Å². The van der Waals surface area contributed by atoms with Gasteiger partial charge in [0.05, 0.1) is 0 Å². The number of carbonyl (C=O) groups is 2. The minimum absolute atomic E-state index is 0.0484. The van der Waals surface area contributed by atoms with Gasteiger partial charge in [0.15, 0.2) is 6.61 Å². The molecule has 0 aliphatic rings. The summed E-state index contributed by atoms with van der Waals surface area (Å²) in [6, 6.07) is 21.0. The number of carbonyl (C=O) groups excluding carboxylic acids is 2. The molecule has 168 valence electrons. The average molecular weight is 433 g/mol. The van der Waals surface area contributed by atoms with Gasteiger partial charge >= 0.3 is 0 Å². The topological polar surface area (TPSA) is 58.6 Å². The number of rotatable bonds is 9. The fourth-order valence-corrected chi connectivity index (χ4v) is 3.56. The highest BCUT2D eigenvalue weighted by atomic mass is 16.5. The summed E-state index contributed by atoms with van der Waals surface area (Å²) in [4.78, 5) is 27.7. The van der Waals surface area contributed by atoms with Crippen molar-refractivity contribution < 1.29 is 14.3 Å². The number of hydrogen-bond donors (Lipinski definition) is 1. The van der Waals surface area contributed by atoms with Crippen LogP contribution in [0.4, 0.5) is 0 Å². The molecule has 3 rings (SSSR count). The molecule has 0 spiro atoms. The number of amides is 2. The van der Waals surface area contributed by atoms with E-state index < -0.39 is 6.04 Å². The first-order valence-corrected chi connectivity index (χ1v) is 11.2. The molecule has 0 heterocycles. The van der Waals surface area contributed by atoms with Gasteiger partial charge in [-0.1, -0.05) is 67.6 Å². The molecule has 32 heavy (non-hydrogen) atoms. The summed E-state index contributed by atoms with van der Waals surface area (Å²) in [5, 5.41) is 5.00. The molecule has 0 saturated heterocycles. The number of nitrogens with zero attached hydrogens (tertiary/aromatic N) is 1. The molecule has 5 nitrogen and oxygen atoms in total. The fourth-order valence-electron chi connectivity index (χ4n) is 3.56. The molecule has 5 heteroatoms. The van der Waals surface area contributed by atoms with E-state index in [2.05, 4.69) is 5.32 Å². The molecular formula is C27H32N2O3. The number of ether oxygens (including phenoxy) is 1. The van der Waals surface area contributed by atoms with Crippen molar-refractivity contribution in [3.63, 3.8) is 0 Å². The van der Waals surface area contributed by atoms with Crippen molar-refractivity contribution in [1.29, 1.82) is 0 Å². The fraction of sp³-hybridized carbons (Fsp3) is 0.333. The first-order valence-electron chi connectivity index (χ1n) is 11.2. The molecule has 0 saturated carbocycles. The quantitative estimate of drug-likeness (QED) is 0.525. The summed E-state index contributed by atoms with van der Waals surface area (Å²) >= 11 is 0. The smallest absolute Gasteiger partial charge is 0.261 e. The van der Waals surface area contributed by atoms with Crippen LogP contribution >= 0.6 is 0 Å². The van der Waals surface area contributed by atoms with Crippen LogP contribution in [0.15, 0.2) is 66.7 Å². The van der Waals surface area contributed by atoms with Crippen molar-refractivity contribution in [2.75, 3.05) is 6.61 Å². The normalized spacial score (nSPS) is 12.8. The van der Waals surface area contributed by atoms with Crippen molar-refractivity contribution in [3.05, 3.63) is 77.9 Å². The number of hydrogen-bond acceptors (Lipinski definition) is 3. The molecule has 1 N–H and O–H groups in total. The maximum absolute atomic E-state index is 13.3. The first-order chi connectivity index (χ1) is 15.4. The van der Waals surface area contributed by atoms with Gasteiger partial charge < -0.3 is 15.0 Å². The van der Waals surface area contributed by atoms with Gasteiger partial charge in [0.1, 0.15) is 11.8 Å². The Balaban J connectivity index is 1.80. The largest absolute Gasteiger partial charge is 0.483 e. The zero-order valence-electron chi connectivity index (χ0n) is 19.3. The molecule has 0 radical (unpaired) electrons. The maximum Gasteiger partial charge on any atom is 0.261 e. The van der Waals surface area contributed by atoms with Crippen molar-refractivity contribution in [3.8, 4) is 5.75 Å². The first kappa shape index (κ1) is 23.3. The van der Waals surface area contributed by atoms with E-state index in [1.54, 1.807) is 11.8 Å². The van der Waals surface area contributed by atoms with Crippen LogP contribution in [0.2, 0.25) is 0 Å². The molecule has 3 aromatic rings. The predicted octanol–water partition coefficient (Wildman–Crippen LogP) is 4.86. The highest BCUT2D eigenvalue weighted by Gasteiger charge is 2.27. The monoisotopic (exact) mass is 432 g/mol. The Bertz CT molecular complexity index is 1070. The van der Waals surface area contributed by atoms with E-state index in [0.717, 1.165) is 28.3 Å². The molecule has 2 unspecified atom stereocenters. The zero-order chi connectivity index (χ0) is 23.1. The lowest BCUT2D eigenvalue weighted by molar-refractivity contribution is -0.142. The Kier molecular flexibility index (Phi) is 7.87. The van der Waals surface area contributed by atoms with Gasteiger partial charge in [-0.3, -0.25) is 9.59 Å². The van der Waals surface area contributed by atoms with Crippen LogP contribution in [0.3, 0.4) is 0 Å². The molecule has 0 aromatic heterocycles. The highest BCUT2D eigenvalue weighted by Crippen LogP contribution is 2.25. The van der Waals surface area contributed by atoms with Crippen LogP contribution in [0, 0.1) is 6.92 Å². The van der Waals surface area contributed by atoms with Gasteiger partial charge in [-0.25, -0.2) is 0 Å². The standard InChI is InChI=1S/C27H32N2O3/c1-5-20(3)28-27(31)21(4)29(17-23-13-7-6-11-19(23)2)26(30)18-32-25-16-10-14-22-12-8-9-15-24(22)25/h6-16,20-21H,5,17-18H2,1-4H3,(H,28,31). The van der Waals surface area contributed by atoms with E-state index in [1.165, 1.54) is 0 Å². The van der Waals surface area contributed by atoms with Crippen LogP contribution < -0.4 is 10.1 Å². The molecule has 0 aliphatic heterocycles. The van der Waals surface area contributed by atoms with Crippen molar-refractivity contribution >= 4 is 22.6 Å². The Morgan fingerprint density at radius 1 is 0.969 bits per heavy atom. The Morgan fingerprint density at radius 3 is 2.41 bits per heavy atom. The van der Waals surface area contributed by atoms with Crippen LogP contribution in [-0.4, -0.2) is 35.4 Å². The van der Waals surface area contributed by atoms with E-state index in [0.29, 0.717) is 12.3 Å². The van der Waals surface area contributed by atoms with Gasteiger partial charge in [-0.2, -0.15) is 0 Å². The maximum atomic E-state index is 13.3. The average Bonchev–Trinajstić information content (AvgIpc) is 2.81. The van der Waals surface area contributed by atoms with Gasteiger partial charge in [-0.05, 0) is 49.8 Å². The van der Waals surface area contributed by atoms with Crippen LogP contribution in [-0.2, 0) is 16.1 Å². The summed E-state index contributed by atoms with van der Waals surface area (Å²) in [5.41, 5.74) is 2.09. The summed E-state index contributed by atoms with van der Waals surface area (Å²) in [5.74, 6) is 0.267. The Hall–Kier alpha value is -3.34. The lowest BCUT2D eigenvalue weighted by Gasteiger charge is -2.30. The van der Waals surface area contributed by atoms with Gasteiger partial charge in [0.25, 0.3) is 5.91 Å². The summed E-state index contributed by atoms with van der Waals surface area (Å²) < 4.78 is 5.94. The molecule has 2 atom stereocenters. The van der Waals surface area contributed by atoms with E-state index in [4.69, 9.17) is 4.74 Å². The second-order valence-corrected chi connectivity index (χ2v) is 8.21. The number of fused-ring (bicyclic) bond motifs is 1. The van der Waals surface area contributed by atoms with Crippen LogP contribution in [0.1, 0.15) is 38.3 Å². The lowest BCUT2D eigenvalue weighted by atomic mass is 10.1. The van der Waals surface area contributed by atoms with E-state index in [-0.39, 0.29) is 24.5 Å². The lowest BCUT2D eigenvalue weighted by Crippen LogP contribution is -2.50. The van der Waals surface area contributed by atoms with Crippen molar-refractivity contribution in [2.45, 2.75) is 52.7 Å².